The number of carbonyl (C=O) groups excluding carboxylic acids is 1. The molecule has 4 heterocycles. The lowest BCUT2D eigenvalue weighted by Gasteiger charge is -2.32. The summed E-state index contributed by atoms with van der Waals surface area (Å²) >= 11 is 8.31. The lowest BCUT2D eigenvalue weighted by atomic mass is 10.0. The molecule has 0 unspecified atom stereocenters. The van der Waals surface area contributed by atoms with E-state index in [4.69, 9.17) is 11.6 Å². The fraction of sp³-hybridized carbons (Fsp3) is 0.276. The molecule has 2 aromatic carbocycles. The van der Waals surface area contributed by atoms with Gasteiger partial charge in [-0.2, -0.15) is 0 Å². The molecule has 0 fully saturated rings. The second kappa shape index (κ2) is 9.11. The van der Waals surface area contributed by atoms with E-state index < -0.39 is 0 Å². The molecular weight excluding hydrogens is 488 g/mol. The Bertz CT molecular complexity index is 1470. The lowest BCUT2D eigenvalue weighted by molar-refractivity contribution is 0.194. The highest BCUT2D eigenvalue weighted by Gasteiger charge is 2.36. The van der Waals surface area contributed by atoms with Crippen molar-refractivity contribution in [1.29, 1.82) is 0 Å². The number of amides is 2. The molecule has 2 aliphatic rings. The van der Waals surface area contributed by atoms with E-state index in [1.807, 2.05) is 53.5 Å². The van der Waals surface area contributed by atoms with Crippen molar-refractivity contribution in [1.82, 2.24) is 14.4 Å². The number of rotatable bonds is 2. The van der Waals surface area contributed by atoms with Crippen molar-refractivity contribution in [2.75, 3.05) is 18.9 Å². The van der Waals surface area contributed by atoms with Gasteiger partial charge in [0.1, 0.15) is 5.00 Å². The van der Waals surface area contributed by atoms with Gasteiger partial charge in [0, 0.05) is 40.4 Å². The third kappa shape index (κ3) is 4.03. The second-order valence-electron chi connectivity index (χ2n) is 9.91. The molecule has 1 N–H and O–H groups in total. The highest BCUT2D eigenvalue weighted by molar-refractivity contribution is 7.15. The van der Waals surface area contributed by atoms with Gasteiger partial charge in [-0.3, -0.25) is 0 Å². The number of benzene rings is 2. The Kier molecular flexibility index (Phi) is 5.91. The smallest absolute Gasteiger partial charge is 0.310 e. The lowest BCUT2D eigenvalue weighted by Crippen LogP contribution is -2.38. The van der Waals surface area contributed by atoms with Crippen LogP contribution >= 0.6 is 22.9 Å². The Balaban J connectivity index is 1.50. The molecule has 5 nitrogen and oxygen atoms in total. The third-order valence-electron chi connectivity index (χ3n) is 7.30. The maximum absolute atomic E-state index is 14.1. The third-order valence-corrected chi connectivity index (χ3v) is 8.80. The molecule has 0 bridgehead atoms. The Labute approximate surface area is 220 Å². The van der Waals surface area contributed by atoms with Crippen LogP contribution in [0.15, 0.2) is 60.8 Å². The number of aryl methyl sites for hydroxylation is 2. The molecule has 0 radical (unpaired) electrons. The van der Waals surface area contributed by atoms with Crippen LogP contribution < -0.4 is 5.32 Å². The van der Waals surface area contributed by atoms with E-state index in [-0.39, 0.29) is 12.1 Å². The van der Waals surface area contributed by atoms with E-state index in [1.165, 1.54) is 26.6 Å². The number of hydrogen-bond acceptors (Lipinski definition) is 3. The summed E-state index contributed by atoms with van der Waals surface area (Å²) < 4.78 is 2.29. The van der Waals surface area contributed by atoms with Crippen molar-refractivity contribution in [2.24, 2.45) is 0 Å². The van der Waals surface area contributed by atoms with Crippen molar-refractivity contribution in [3.8, 4) is 5.00 Å². The van der Waals surface area contributed by atoms with Gasteiger partial charge in [-0.15, -0.1) is 11.3 Å². The van der Waals surface area contributed by atoms with Gasteiger partial charge in [-0.05, 0) is 74.3 Å². The molecular formula is C29H29ClN4OS. The summed E-state index contributed by atoms with van der Waals surface area (Å²) in [6, 6.07) is 17.8. The summed E-state index contributed by atoms with van der Waals surface area (Å²) in [4.78, 5) is 19.8. The largest absolute Gasteiger partial charge is 0.322 e. The van der Waals surface area contributed by atoms with Gasteiger partial charge in [0.25, 0.3) is 0 Å². The number of fused-ring (bicyclic) bond motifs is 5. The Morgan fingerprint density at radius 3 is 2.72 bits per heavy atom. The molecule has 36 heavy (non-hydrogen) atoms. The quantitative estimate of drug-likeness (QED) is 0.313. The van der Waals surface area contributed by atoms with Crippen LogP contribution in [0.3, 0.4) is 0 Å². The van der Waals surface area contributed by atoms with Crippen molar-refractivity contribution >= 4 is 34.7 Å². The molecule has 184 valence electrons. The van der Waals surface area contributed by atoms with Crippen LogP contribution in [0.25, 0.3) is 5.00 Å². The SMILES string of the molecule is Cc1ccc(NC(=O)N2Cc3c(sc4c3CCN(C)C4)-n3cccc3[C@@H]2c2cccc(Cl)c2)c(C)c1. The maximum atomic E-state index is 14.1. The summed E-state index contributed by atoms with van der Waals surface area (Å²) in [5.74, 6) is 0. The first-order valence-corrected chi connectivity index (χ1v) is 13.5. The number of urea groups is 1. The number of carbonyl (C=O) groups is 1. The zero-order valence-electron chi connectivity index (χ0n) is 20.7. The van der Waals surface area contributed by atoms with Crippen LogP contribution in [0.5, 0.6) is 0 Å². The molecule has 1 atom stereocenters. The summed E-state index contributed by atoms with van der Waals surface area (Å²) in [6.07, 6.45) is 3.13. The zero-order valence-corrected chi connectivity index (χ0v) is 22.3. The first kappa shape index (κ1) is 23.3. The number of thiophene rings is 1. The van der Waals surface area contributed by atoms with Crippen molar-refractivity contribution in [3.63, 3.8) is 0 Å². The topological polar surface area (TPSA) is 40.5 Å². The summed E-state index contributed by atoms with van der Waals surface area (Å²) in [6.45, 7) is 6.63. The molecule has 2 amide bonds. The molecule has 2 aliphatic heterocycles. The molecule has 2 aromatic heterocycles. The van der Waals surface area contributed by atoms with Crippen molar-refractivity contribution in [2.45, 2.75) is 39.4 Å². The van der Waals surface area contributed by atoms with Crippen molar-refractivity contribution < 1.29 is 4.79 Å². The Hall–Kier alpha value is -3.06. The second-order valence-corrected chi connectivity index (χ2v) is 11.4. The van der Waals surface area contributed by atoms with E-state index >= 15 is 0 Å². The van der Waals surface area contributed by atoms with Crippen LogP contribution in [0, 0.1) is 13.8 Å². The number of likely N-dealkylation sites (N-methyl/N-ethyl adjacent to an activating group) is 1. The summed E-state index contributed by atoms with van der Waals surface area (Å²) in [7, 11) is 2.17. The first-order valence-electron chi connectivity index (χ1n) is 12.3. The predicted octanol–water partition coefficient (Wildman–Crippen LogP) is 6.93. The van der Waals surface area contributed by atoms with Crippen molar-refractivity contribution in [3.05, 3.63) is 104 Å². The highest BCUT2D eigenvalue weighted by atomic mass is 35.5. The number of nitrogens with zero attached hydrogens (tertiary/aromatic N) is 3. The van der Waals surface area contributed by atoms with Crippen LogP contribution in [0.4, 0.5) is 10.5 Å². The molecule has 0 saturated carbocycles. The molecule has 4 aromatic rings. The van der Waals surface area contributed by atoms with Crippen LogP contribution in [0.1, 0.15) is 44.4 Å². The molecule has 6 rings (SSSR count). The predicted molar refractivity (Wildman–Crippen MR) is 147 cm³/mol. The minimum Gasteiger partial charge on any atom is -0.310 e. The first-order chi connectivity index (χ1) is 17.4. The number of aromatic nitrogens is 1. The summed E-state index contributed by atoms with van der Waals surface area (Å²) in [5, 5.41) is 5.11. The van der Waals surface area contributed by atoms with E-state index in [2.05, 4.69) is 59.2 Å². The fourth-order valence-corrected chi connectivity index (χ4v) is 7.16. The number of halogens is 1. The van der Waals surface area contributed by atoms with Gasteiger partial charge in [-0.1, -0.05) is 41.4 Å². The zero-order chi connectivity index (χ0) is 25.0. The Morgan fingerprint density at radius 1 is 1.06 bits per heavy atom. The van der Waals surface area contributed by atoms with Gasteiger partial charge in [0.2, 0.25) is 0 Å². The minimum absolute atomic E-state index is 0.111. The van der Waals surface area contributed by atoms with Gasteiger partial charge in [0.05, 0.1) is 18.3 Å². The molecule has 0 aliphatic carbocycles. The van der Waals surface area contributed by atoms with Crippen LogP contribution in [-0.4, -0.2) is 34.0 Å². The molecule has 0 saturated heterocycles. The number of nitrogens with one attached hydrogen (secondary N) is 1. The van der Waals surface area contributed by atoms with Gasteiger partial charge < -0.3 is 19.7 Å². The average molecular weight is 517 g/mol. The van der Waals surface area contributed by atoms with Gasteiger partial charge >= 0.3 is 6.03 Å². The van der Waals surface area contributed by atoms with Crippen LogP contribution in [-0.2, 0) is 19.5 Å². The molecule has 0 spiro atoms. The number of anilines is 1. The normalized spacial score (nSPS) is 17.2. The maximum Gasteiger partial charge on any atom is 0.322 e. The fourth-order valence-electron chi connectivity index (χ4n) is 5.52. The van der Waals surface area contributed by atoms with E-state index in [0.717, 1.165) is 42.0 Å². The van der Waals surface area contributed by atoms with Gasteiger partial charge in [0.15, 0.2) is 0 Å². The summed E-state index contributed by atoms with van der Waals surface area (Å²) in [5.41, 5.74) is 7.81. The van der Waals surface area contributed by atoms with Gasteiger partial charge in [-0.25, -0.2) is 4.79 Å². The van der Waals surface area contributed by atoms with E-state index in [0.29, 0.717) is 11.6 Å². The monoisotopic (exact) mass is 516 g/mol. The average Bonchev–Trinajstić information content (AvgIpc) is 3.42. The highest BCUT2D eigenvalue weighted by Crippen LogP contribution is 2.43. The number of hydrogen-bond donors (Lipinski definition) is 1. The minimum atomic E-state index is -0.272. The molecule has 7 heteroatoms. The standard InChI is InChI=1S/C29H29ClN4OS/c1-18-9-10-24(19(2)14-18)31-29(35)34-16-23-22-11-13-32(3)17-26(22)36-28(23)33-12-5-8-25(33)27(34)20-6-4-7-21(30)15-20/h4-10,12,14-15,27H,11,13,16-17H2,1-3H3,(H,31,35)/t27-/m0/s1. The Morgan fingerprint density at radius 2 is 1.92 bits per heavy atom. The van der Waals surface area contributed by atoms with E-state index in [1.54, 1.807) is 0 Å². The van der Waals surface area contributed by atoms with E-state index in [9.17, 15) is 4.79 Å². The van der Waals surface area contributed by atoms with Crippen LogP contribution in [0.2, 0.25) is 5.02 Å².